The minimum atomic E-state index is -1.77. The summed E-state index contributed by atoms with van der Waals surface area (Å²) in [5.41, 5.74) is -1.67. The summed E-state index contributed by atoms with van der Waals surface area (Å²) in [5, 5.41) is 19.6. The summed E-state index contributed by atoms with van der Waals surface area (Å²) >= 11 is 6.15. The van der Waals surface area contributed by atoms with Crippen LogP contribution in [0.25, 0.3) is 0 Å². The van der Waals surface area contributed by atoms with E-state index in [1.54, 1.807) is 0 Å². The Bertz CT molecular complexity index is 663. The number of hydrogen-bond acceptors (Lipinski definition) is 6. The summed E-state index contributed by atoms with van der Waals surface area (Å²) in [4.78, 5) is 26.2. The first kappa shape index (κ1) is 14.7. The van der Waals surface area contributed by atoms with Gasteiger partial charge in [-0.2, -0.15) is 4.98 Å². The van der Waals surface area contributed by atoms with Gasteiger partial charge >= 0.3 is 11.4 Å². The molecular weight excluding hydrogens is 290 g/mol. The summed E-state index contributed by atoms with van der Waals surface area (Å²) in [6.07, 6.45) is 1.41. The van der Waals surface area contributed by atoms with Crippen molar-refractivity contribution >= 4 is 11.6 Å². The molecule has 0 aliphatic carbocycles. The molecule has 0 bridgehead atoms. The molecule has 0 amide bonds. The van der Waals surface area contributed by atoms with E-state index in [2.05, 4.69) is 10.9 Å². The quantitative estimate of drug-likeness (QED) is 0.437. The fourth-order valence-corrected chi connectivity index (χ4v) is 2.31. The number of aromatic amines is 1. The zero-order valence-electron chi connectivity index (χ0n) is 10.4. The summed E-state index contributed by atoms with van der Waals surface area (Å²) in [5.74, 6) is 2.17. The van der Waals surface area contributed by atoms with Crippen molar-refractivity contribution in [2.75, 3.05) is 0 Å². The van der Waals surface area contributed by atoms with Gasteiger partial charge in [-0.25, -0.2) is 9.59 Å². The maximum Gasteiger partial charge on any atom is 0.350 e. The number of nitrogens with one attached hydrogen (secondary N) is 1. The summed E-state index contributed by atoms with van der Waals surface area (Å²) in [6, 6.07) is 0. The summed E-state index contributed by atoms with van der Waals surface area (Å²) in [6.45, 7) is 1.39. The lowest BCUT2D eigenvalue weighted by atomic mass is 9.97. The van der Waals surface area contributed by atoms with E-state index in [4.69, 9.17) is 22.8 Å². The number of aromatic nitrogens is 3. The average molecular weight is 302 g/mol. The van der Waals surface area contributed by atoms with E-state index < -0.39 is 40.8 Å². The fraction of sp³-hybridized carbons (Fsp3) is 0.545. The molecule has 0 spiro atoms. The third-order valence-corrected chi connectivity index (χ3v) is 3.60. The smallest absolute Gasteiger partial charge is 0.350 e. The Kier molecular flexibility index (Phi) is 3.71. The van der Waals surface area contributed by atoms with Gasteiger partial charge < -0.3 is 14.9 Å². The largest absolute Gasteiger partial charge is 0.391 e. The number of halogens is 1. The Morgan fingerprint density at radius 3 is 2.85 bits per heavy atom. The zero-order valence-corrected chi connectivity index (χ0v) is 11.1. The van der Waals surface area contributed by atoms with E-state index in [0.29, 0.717) is 0 Å². The van der Waals surface area contributed by atoms with Gasteiger partial charge in [-0.1, -0.05) is 17.5 Å². The minimum absolute atomic E-state index is 0.835. The van der Waals surface area contributed by atoms with Crippen LogP contribution in [0, 0.1) is 12.3 Å². The number of terminal acetylenes is 1. The van der Waals surface area contributed by atoms with Crippen molar-refractivity contribution in [3.05, 3.63) is 27.3 Å². The van der Waals surface area contributed by atoms with E-state index in [0.717, 1.165) is 10.9 Å². The second-order valence-corrected chi connectivity index (χ2v) is 5.06. The van der Waals surface area contributed by atoms with Crippen molar-refractivity contribution in [1.29, 1.82) is 0 Å². The van der Waals surface area contributed by atoms with Crippen molar-refractivity contribution in [2.45, 2.75) is 36.3 Å². The highest BCUT2D eigenvalue weighted by Crippen LogP contribution is 2.43. The van der Waals surface area contributed by atoms with Gasteiger partial charge in [-0.05, 0) is 6.92 Å². The van der Waals surface area contributed by atoms with E-state index in [1.807, 2.05) is 4.98 Å². The predicted octanol–water partition coefficient (Wildman–Crippen LogP) is -1.82. The molecule has 1 aliphatic rings. The van der Waals surface area contributed by atoms with Crippen molar-refractivity contribution in [2.24, 2.45) is 0 Å². The highest BCUT2D eigenvalue weighted by atomic mass is 35.5. The van der Waals surface area contributed by atoms with E-state index in [-0.39, 0.29) is 0 Å². The molecule has 1 aromatic heterocycles. The molecule has 2 rings (SSSR count). The highest BCUT2D eigenvalue weighted by molar-refractivity contribution is 6.27. The monoisotopic (exact) mass is 301 g/mol. The second kappa shape index (κ2) is 5.03. The third-order valence-electron chi connectivity index (χ3n) is 3.08. The minimum Gasteiger partial charge on any atom is -0.391 e. The van der Waals surface area contributed by atoms with Gasteiger partial charge in [-0.3, -0.25) is 9.55 Å². The molecule has 5 atom stereocenters. The van der Waals surface area contributed by atoms with Crippen LogP contribution in [0.3, 0.4) is 0 Å². The van der Waals surface area contributed by atoms with Crippen LogP contribution in [0.2, 0.25) is 0 Å². The molecule has 1 unspecified atom stereocenters. The van der Waals surface area contributed by atoms with Crippen molar-refractivity contribution in [3.63, 3.8) is 0 Å². The summed E-state index contributed by atoms with van der Waals surface area (Å²) < 4.78 is 6.24. The van der Waals surface area contributed by atoms with Crippen molar-refractivity contribution in [1.82, 2.24) is 14.5 Å². The average Bonchev–Trinajstić information content (AvgIpc) is 2.64. The molecule has 1 fully saturated rings. The zero-order chi connectivity index (χ0) is 15.1. The number of aliphatic hydroxyl groups is 2. The van der Waals surface area contributed by atoms with E-state index >= 15 is 0 Å². The predicted molar refractivity (Wildman–Crippen MR) is 68.1 cm³/mol. The first-order chi connectivity index (χ1) is 9.31. The van der Waals surface area contributed by atoms with Crippen LogP contribution < -0.4 is 11.4 Å². The number of aliphatic hydroxyl groups excluding tert-OH is 2. The Balaban J connectivity index is 2.53. The molecular formula is C11H12ClN3O5. The van der Waals surface area contributed by atoms with Gasteiger partial charge in [0.2, 0.25) is 0 Å². The van der Waals surface area contributed by atoms with Gasteiger partial charge in [0, 0.05) is 0 Å². The maximum atomic E-state index is 11.7. The third kappa shape index (κ3) is 2.14. The summed E-state index contributed by atoms with van der Waals surface area (Å²) in [7, 11) is 0. The lowest BCUT2D eigenvalue weighted by Crippen LogP contribution is -2.45. The lowest BCUT2D eigenvalue weighted by Gasteiger charge is -2.25. The topological polar surface area (TPSA) is 117 Å². The van der Waals surface area contributed by atoms with Gasteiger partial charge in [0.1, 0.15) is 18.5 Å². The van der Waals surface area contributed by atoms with Crippen LogP contribution in [0.1, 0.15) is 13.2 Å². The van der Waals surface area contributed by atoms with Crippen LogP contribution in [-0.4, -0.2) is 47.9 Å². The molecule has 1 saturated heterocycles. The van der Waals surface area contributed by atoms with Crippen LogP contribution in [0.4, 0.5) is 0 Å². The van der Waals surface area contributed by atoms with Crippen LogP contribution >= 0.6 is 11.6 Å². The molecule has 108 valence electrons. The molecule has 8 nitrogen and oxygen atoms in total. The molecule has 3 N–H and O–H groups in total. The Morgan fingerprint density at radius 2 is 2.35 bits per heavy atom. The number of alkyl halides is 1. The van der Waals surface area contributed by atoms with Crippen molar-refractivity contribution < 1.29 is 14.9 Å². The Hall–Kier alpha value is -1.66. The molecule has 0 aromatic carbocycles. The fourth-order valence-electron chi connectivity index (χ4n) is 2.03. The standard InChI is InChI=1S/C11H12ClN3O5/c1-3-11(12)7(17)6(5(2)16)20-8(11)15-4-13-9(18)14-10(15)19/h1,4-8,16-17H,2H3,(H,14,18,19)/t5-,6-,7?,8-,11-/m1/s1. The van der Waals surface area contributed by atoms with E-state index in [1.165, 1.54) is 6.92 Å². The van der Waals surface area contributed by atoms with Crippen LogP contribution in [-0.2, 0) is 4.74 Å². The molecule has 1 aromatic rings. The van der Waals surface area contributed by atoms with Gasteiger partial charge in [-0.15, -0.1) is 6.42 Å². The molecule has 9 heteroatoms. The molecule has 1 aliphatic heterocycles. The maximum absolute atomic E-state index is 11.7. The molecule has 0 radical (unpaired) electrons. The number of ether oxygens (including phenoxy) is 1. The Labute approximate surface area is 118 Å². The second-order valence-electron chi connectivity index (χ2n) is 4.44. The lowest BCUT2D eigenvalue weighted by molar-refractivity contribution is -0.0776. The van der Waals surface area contributed by atoms with Crippen molar-refractivity contribution in [3.8, 4) is 12.3 Å². The number of hydrogen-bond donors (Lipinski definition) is 3. The van der Waals surface area contributed by atoms with Gasteiger partial charge in [0.25, 0.3) is 0 Å². The highest BCUT2D eigenvalue weighted by Gasteiger charge is 2.57. The first-order valence-electron chi connectivity index (χ1n) is 5.67. The van der Waals surface area contributed by atoms with Crippen LogP contribution in [0.5, 0.6) is 0 Å². The van der Waals surface area contributed by atoms with Crippen LogP contribution in [0.15, 0.2) is 15.9 Å². The van der Waals surface area contributed by atoms with Gasteiger partial charge in [0.05, 0.1) is 6.10 Å². The normalized spacial score (nSPS) is 34.6. The molecule has 20 heavy (non-hydrogen) atoms. The molecule has 2 heterocycles. The first-order valence-corrected chi connectivity index (χ1v) is 6.04. The molecule has 0 saturated carbocycles. The van der Waals surface area contributed by atoms with Gasteiger partial charge in [0.15, 0.2) is 11.1 Å². The number of rotatable bonds is 2. The number of nitrogens with zero attached hydrogens (tertiary/aromatic N) is 2. The Morgan fingerprint density at radius 1 is 1.70 bits per heavy atom. The number of H-pyrrole nitrogens is 1. The SMILES string of the molecule is C#C[C@@]1(Cl)C(O)[C@@H]([C@@H](C)O)O[C@H]1n1cnc(=O)[nH]c1=O. The van der Waals surface area contributed by atoms with E-state index in [9.17, 15) is 19.8 Å².